The largest absolute Gasteiger partial charge is 0.454 e. The lowest BCUT2D eigenvalue weighted by Crippen LogP contribution is -2.46. The zero-order valence-electron chi connectivity index (χ0n) is 18.2. The predicted molar refractivity (Wildman–Crippen MR) is 119 cm³/mol. The molecule has 0 bridgehead atoms. The van der Waals surface area contributed by atoms with Crippen LogP contribution in [0.15, 0.2) is 29.8 Å². The molecule has 0 saturated carbocycles. The number of allylic oxidation sites excluding steroid dienone is 1. The number of nitrogens with zero attached hydrogens (tertiary/aromatic N) is 1. The first-order valence-electron chi connectivity index (χ1n) is 10.5. The maximum atomic E-state index is 12.5. The van der Waals surface area contributed by atoms with Crippen LogP contribution in [0.4, 0.5) is 5.69 Å². The minimum atomic E-state index is -1.02. The minimum absolute atomic E-state index is 0.00882. The van der Waals surface area contributed by atoms with Crippen molar-refractivity contribution in [2.24, 2.45) is 5.92 Å². The van der Waals surface area contributed by atoms with Crippen molar-refractivity contribution in [3.05, 3.63) is 50.5 Å². The average Bonchev–Trinajstić information content (AvgIpc) is 2.76. The lowest BCUT2D eigenvalue weighted by Gasteiger charge is -2.21. The summed E-state index contributed by atoms with van der Waals surface area (Å²) in [5, 5.41) is 16.0. The molecule has 10 heteroatoms. The number of esters is 1. The Morgan fingerprint density at radius 2 is 2.00 bits per heavy atom. The number of nitro benzene ring substituents is 1. The number of hydrogen-bond donors (Lipinski definition) is 2. The van der Waals surface area contributed by atoms with E-state index in [0.29, 0.717) is 6.54 Å². The Hall–Kier alpha value is -2.94. The van der Waals surface area contributed by atoms with E-state index in [1.54, 1.807) is 13.8 Å². The van der Waals surface area contributed by atoms with Crippen molar-refractivity contribution in [1.82, 2.24) is 10.6 Å². The molecule has 1 aliphatic carbocycles. The lowest BCUT2D eigenvalue weighted by molar-refractivity contribution is -0.384. The third-order valence-corrected chi connectivity index (χ3v) is 5.43. The molecule has 1 aliphatic rings. The molecule has 32 heavy (non-hydrogen) atoms. The molecule has 0 radical (unpaired) electrons. The molecular weight excluding hydrogens is 438 g/mol. The highest BCUT2D eigenvalue weighted by molar-refractivity contribution is 6.34. The summed E-state index contributed by atoms with van der Waals surface area (Å²) in [5.74, 6) is -2.17. The summed E-state index contributed by atoms with van der Waals surface area (Å²) < 4.78 is 5.08. The van der Waals surface area contributed by atoms with Gasteiger partial charge in [-0.05, 0) is 44.1 Å². The summed E-state index contributed by atoms with van der Waals surface area (Å²) in [4.78, 5) is 47.2. The second-order valence-corrected chi connectivity index (χ2v) is 8.34. The number of benzene rings is 1. The first-order valence-corrected chi connectivity index (χ1v) is 10.9. The fraction of sp³-hybridized carbons (Fsp3) is 0.500. The van der Waals surface area contributed by atoms with Crippen molar-refractivity contribution >= 4 is 35.1 Å². The number of carbonyl (C=O) groups excluding carboxylic acids is 3. The molecule has 9 nitrogen and oxygen atoms in total. The van der Waals surface area contributed by atoms with Crippen molar-refractivity contribution in [2.75, 3.05) is 13.2 Å². The Balaban J connectivity index is 1.86. The van der Waals surface area contributed by atoms with Crippen LogP contribution in [0.2, 0.25) is 5.02 Å². The van der Waals surface area contributed by atoms with E-state index >= 15 is 0 Å². The van der Waals surface area contributed by atoms with Gasteiger partial charge in [-0.15, -0.1) is 0 Å². The summed E-state index contributed by atoms with van der Waals surface area (Å²) in [6, 6.07) is 2.41. The number of hydrogen-bond acceptors (Lipinski definition) is 6. The number of non-ortho nitro benzene ring substituents is 1. The van der Waals surface area contributed by atoms with Crippen LogP contribution in [0.3, 0.4) is 0 Å². The topological polar surface area (TPSA) is 128 Å². The van der Waals surface area contributed by atoms with Crippen molar-refractivity contribution in [3.63, 3.8) is 0 Å². The van der Waals surface area contributed by atoms with Gasteiger partial charge in [0.2, 0.25) is 0 Å². The molecule has 0 spiro atoms. The van der Waals surface area contributed by atoms with Crippen LogP contribution in [0.1, 0.15) is 56.3 Å². The molecule has 2 rings (SSSR count). The molecule has 0 fully saturated rings. The van der Waals surface area contributed by atoms with Crippen LogP contribution in [0.5, 0.6) is 0 Å². The van der Waals surface area contributed by atoms with Crippen LogP contribution < -0.4 is 10.6 Å². The minimum Gasteiger partial charge on any atom is -0.454 e. The van der Waals surface area contributed by atoms with E-state index in [-0.39, 0.29) is 22.2 Å². The van der Waals surface area contributed by atoms with E-state index in [4.69, 9.17) is 16.3 Å². The van der Waals surface area contributed by atoms with Gasteiger partial charge >= 0.3 is 5.97 Å². The number of amides is 2. The Labute approximate surface area is 191 Å². The smallest absolute Gasteiger partial charge is 0.329 e. The molecule has 2 N–H and O–H groups in total. The summed E-state index contributed by atoms with van der Waals surface area (Å²) in [6.45, 7) is 3.45. The standard InChI is InChI=1S/C22H28ClN3O6/c1-14(2)20(25-21(28)17-9-8-16(26(30)31)12-18(17)23)22(29)32-13-19(27)24-11-10-15-6-4-3-5-7-15/h6,8-9,12,14,20H,3-5,7,10-11,13H2,1-2H3,(H,24,27)(H,25,28). The zero-order chi connectivity index (χ0) is 23.7. The maximum absolute atomic E-state index is 12.5. The average molecular weight is 466 g/mol. The normalized spacial score (nSPS) is 14.3. The van der Waals surface area contributed by atoms with Crippen LogP contribution in [0, 0.1) is 16.0 Å². The molecule has 1 aromatic rings. The van der Waals surface area contributed by atoms with E-state index in [1.807, 2.05) is 0 Å². The van der Waals surface area contributed by atoms with Gasteiger partial charge in [0.25, 0.3) is 17.5 Å². The summed E-state index contributed by atoms with van der Waals surface area (Å²) in [6.07, 6.45) is 7.50. The second-order valence-electron chi connectivity index (χ2n) is 7.93. The quantitative estimate of drug-likeness (QED) is 0.235. The first-order chi connectivity index (χ1) is 15.2. The second kappa shape index (κ2) is 12.2. The summed E-state index contributed by atoms with van der Waals surface area (Å²) in [5.41, 5.74) is 1.07. The van der Waals surface area contributed by atoms with Crippen molar-refractivity contribution in [1.29, 1.82) is 0 Å². The van der Waals surface area contributed by atoms with E-state index in [1.165, 1.54) is 24.5 Å². The first kappa shape index (κ1) is 25.3. The molecule has 1 aromatic carbocycles. The van der Waals surface area contributed by atoms with E-state index in [2.05, 4.69) is 16.7 Å². The lowest BCUT2D eigenvalue weighted by atomic mass is 9.97. The van der Waals surface area contributed by atoms with Gasteiger partial charge in [0, 0.05) is 18.7 Å². The molecule has 0 heterocycles. The van der Waals surface area contributed by atoms with Gasteiger partial charge in [0.1, 0.15) is 6.04 Å². The van der Waals surface area contributed by atoms with Gasteiger partial charge in [-0.2, -0.15) is 0 Å². The predicted octanol–water partition coefficient (Wildman–Crippen LogP) is 3.55. The van der Waals surface area contributed by atoms with E-state index < -0.39 is 35.4 Å². The monoisotopic (exact) mass is 465 g/mol. The Morgan fingerprint density at radius 1 is 1.25 bits per heavy atom. The highest BCUT2D eigenvalue weighted by Crippen LogP contribution is 2.23. The fourth-order valence-corrected chi connectivity index (χ4v) is 3.55. The number of halogens is 1. The number of nitro groups is 1. The number of nitrogens with one attached hydrogen (secondary N) is 2. The molecule has 1 unspecified atom stereocenters. The molecule has 0 saturated heterocycles. The van der Waals surface area contributed by atoms with Gasteiger partial charge in [-0.3, -0.25) is 19.7 Å². The van der Waals surface area contributed by atoms with E-state index in [0.717, 1.165) is 31.4 Å². The fourth-order valence-electron chi connectivity index (χ4n) is 3.29. The Bertz CT molecular complexity index is 900. The van der Waals surface area contributed by atoms with Crippen LogP contribution >= 0.6 is 11.6 Å². The molecular formula is C22H28ClN3O6. The van der Waals surface area contributed by atoms with Gasteiger partial charge in [0.05, 0.1) is 15.5 Å². The number of ether oxygens (including phenoxy) is 1. The summed E-state index contributed by atoms with van der Waals surface area (Å²) >= 11 is 5.98. The van der Waals surface area contributed by atoms with Crippen LogP contribution in [-0.2, 0) is 14.3 Å². The van der Waals surface area contributed by atoms with E-state index in [9.17, 15) is 24.5 Å². The van der Waals surface area contributed by atoms with Crippen molar-refractivity contribution in [2.45, 2.75) is 52.0 Å². The summed E-state index contributed by atoms with van der Waals surface area (Å²) in [7, 11) is 0. The van der Waals surface area contributed by atoms with Crippen molar-refractivity contribution < 1.29 is 24.0 Å². The maximum Gasteiger partial charge on any atom is 0.329 e. The van der Waals surface area contributed by atoms with Crippen molar-refractivity contribution in [3.8, 4) is 0 Å². The van der Waals surface area contributed by atoms with Gasteiger partial charge in [0.15, 0.2) is 6.61 Å². The van der Waals surface area contributed by atoms with Gasteiger partial charge in [-0.1, -0.05) is 37.1 Å². The Kier molecular flexibility index (Phi) is 9.64. The molecule has 0 aromatic heterocycles. The molecule has 0 aliphatic heterocycles. The number of carbonyl (C=O) groups is 3. The van der Waals surface area contributed by atoms with Crippen LogP contribution in [0.25, 0.3) is 0 Å². The Morgan fingerprint density at radius 3 is 2.59 bits per heavy atom. The SMILES string of the molecule is CC(C)C(NC(=O)c1ccc([N+](=O)[O-])cc1Cl)C(=O)OCC(=O)NCCC1=CCCCC1. The molecule has 174 valence electrons. The molecule has 2 amide bonds. The highest BCUT2D eigenvalue weighted by Gasteiger charge is 2.28. The third-order valence-electron chi connectivity index (χ3n) is 5.11. The molecule has 1 atom stereocenters. The number of rotatable bonds is 10. The van der Waals surface area contributed by atoms with Gasteiger partial charge < -0.3 is 15.4 Å². The van der Waals surface area contributed by atoms with Crippen LogP contribution in [-0.4, -0.2) is 41.9 Å². The third kappa shape index (κ3) is 7.64. The zero-order valence-corrected chi connectivity index (χ0v) is 18.9. The van der Waals surface area contributed by atoms with Gasteiger partial charge in [-0.25, -0.2) is 4.79 Å². The highest BCUT2D eigenvalue weighted by atomic mass is 35.5.